The van der Waals surface area contributed by atoms with Crippen molar-refractivity contribution in [3.63, 3.8) is 0 Å². The van der Waals surface area contributed by atoms with Gasteiger partial charge in [0.15, 0.2) is 0 Å². The largest absolute Gasteiger partial charge is 0.368 e. The van der Waals surface area contributed by atoms with Gasteiger partial charge in [0, 0.05) is 12.6 Å². The lowest BCUT2D eigenvalue weighted by Gasteiger charge is -2.15. The zero-order chi connectivity index (χ0) is 12.1. The van der Waals surface area contributed by atoms with E-state index in [4.69, 9.17) is 4.74 Å². The second kappa shape index (κ2) is 5.69. The molecule has 0 spiro atoms. The Balaban J connectivity index is 2.27. The fraction of sp³-hybridized carbons (Fsp3) is 0.800. The molecule has 2 atom stereocenters. The highest BCUT2D eigenvalue weighted by molar-refractivity contribution is 5.84. The average molecular weight is 229 g/mol. The number of amides is 3. The first-order valence-electron chi connectivity index (χ1n) is 5.48. The van der Waals surface area contributed by atoms with Crippen molar-refractivity contribution in [3.8, 4) is 0 Å². The molecule has 0 aliphatic carbocycles. The molecule has 6 nitrogen and oxygen atoms in total. The van der Waals surface area contributed by atoms with Crippen LogP contribution in [0.15, 0.2) is 0 Å². The molecular weight excluding hydrogens is 210 g/mol. The molecule has 1 rings (SSSR count). The van der Waals surface area contributed by atoms with Gasteiger partial charge in [0.1, 0.15) is 6.10 Å². The van der Waals surface area contributed by atoms with Crippen molar-refractivity contribution in [2.45, 2.75) is 39.3 Å². The summed E-state index contributed by atoms with van der Waals surface area (Å²) in [5.74, 6) is -0.112. The highest BCUT2D eigenvalue weighted by Crippen LogP contribution is 2.19. The molecule has 3 N–H and O–H groups in total. The third-order valence-corrected chi connectivity index (χ3v) is 2.36. The molecule has 0 aromatic rings. The van der Waals surface area contributed by atoms with Crippen molar-refractivity contribution in [1.82, 2.24) is 16.2 Å². The van der Waals surface area contributed by atoms with Gasteiger partial charge in [-0.05, 0) is 26.2 Å². The third kappa shape index (κ3) is 3.69. The van der Waals surface area contributed by atoms with Crippen LogP contribution in [0.4, 0.5) is 4.79 Å². The normalized spacial score (nSPS) is 24.2. The number of carbonyl (C=O) groups excluding carboxylic acids is 2. The van der Waals surface area contributed by atoms with E-state index in [0.29, 0.717) is 6.61 Å². The van der Waals surface area contributed by atoms with Crippen molar-refractivity contribution in [3.05, 3.63) is 0 Å². The summed E-state index contributed by atoms with van der Waals surface area (Å²) in [5, 5.41) is 2.59. The molecule has 6 heteroatoms. The summed E-state index contributed by atoms with van der Waals surface area (Å²) in [6, 6.07) is -0.396. The van der Waals surface area contributed by atoms with Crippen molar-refractivity contribution < 1.29 is 14.3 Å². The summed E-state index contributed by atoms with van der Waals surface area (Å²) in [4.78, 5) is 22.7. The number of hydrazine groups is 1. The van der Waals surface area contributed by atoms with Crippen LogP contribution in [0.1, 0.15) is 27.2 Å². The molecule has 1 aliphatic heterocycles. The Kier molecular flexibility index (Phi) is 4.54. The molecule has 1 aliphatic rings. The summed E-state index contributed by atoms with van der Waals surface area (Å²) in [7, 11) is 0. The number of carbonyl (C=O) groups is 2. The van der Waals surface area contributed by atoms with Gasteiger partial charge in [-0.25, -0.2) is 10.2 Å². The number of hydrogen-bond acceptors (Lipinski definition) is 3. The van der Waals surface area contributed by atoms with Gasteiger partial charge in [0.2, 0.25) is 0 Å². The number of hydrogen-bond donors (Lipinski definition) is 3. The van der Waals surface area contributed by atoms with Crippen LogP contribution < -0.4 is 16.2 Å². The molecule has 16 heavy (non-hydrogen) atoms. The van der Waals surface area contributed by atoms with Crippen LogP contribution in [0, 0.1) is 5.92 Å². The topological polar surface area (TPSA) is 79.5 Å². The van der Waals surface area contributed by atoms with E-state index in [1.54, 1.807) is 0 Å². The van der Waals surface area contributed by atoms with Gasteiger partial charge in [-0.2, -0.15) is 0 Å². The molecule has 1 saturated heterocycles. The second-order valence-corrected chi connectivity index (χ2v) is 4.30. The van der Waals surface area contributed by atoms with Crippen LogP contribution in [0.5, 0.6) is 0 Å². The smallest absolute Gasteiger partial charge is 0.333 e. The highest BCUT2D eigenvalue weighted by atomic mass is 16.5. The fourth-order valence-corrected chi connectivity index (χ4v) is 1.52. The van der Waals surface area contributed by atoms with E-state index in [1.165, 1.54) is 0 Å². The van der Waals surface area contributed by atoms with Crippen molar-refractivity contribution in [1.29, 1.82) is 0 Å². The Bertz CT molecular complexity index is 268. The Morgan fingerprint density at radius 2 is 2.00 bits per heavy atom. The van der Waals surface area contributed by atoms with Crippen LogP contribution in [0.2, 0.25) is 0 Å². The van der Waals surface area contributed by atoms with E-state index in [-0.39, 0.29) is 17.9 Å². The maximum atomic E-state index is 11.6. The molecule has 1 heterocycles. The van der Waals surface area contributed by atoms with Gasteiger partial charge in [-0.1, -0.05) is 6.92 Å². The minimum Gasteiger partial charge on any atom is -0.368 e. The first-order valence-corrected chi connectivity index (χ1v) is 5.48. The van der Waals surface area contributed by atoms with Crippen LogP contribution >= 0.6 is 0 Å². The zero-order valence-electron chi connectivity index (χ0n) is 9.87. The minimum absolute atomic E-state index is 0.0264. The van der Waals surface area contributed by atoms with Crippen molar-refractivity contribution in [2.24, 2.45) is 5.92 Å². The lowest BCUT2D eigenvalue weighted by Crippen LogP contribution is -2.52. The molecule has 0 bridgehead atoms. The summed E-state index contributed by atoms with van der Waals surface area (Å²) < 4.78 is 5.26. The molecule has 0 radical (unpaired) electrons. The Morgan fingerprint density at radius 1 is 1.31 bits per heavy atom. The monoisotopic (exact) mass is 229 g/mol. The summed E-state index contributed by atoms with van der Waals surface area (Å²) in [6.07, 6.45) is 0.412. The van der Waals surface area contributed by atoms with Gasteiger partial charge in [-0.3, -0.25) is 10.2 Å². The van der Waals surface area contributed by atoms with Crippen LogP contribution in [0.3, 0.4) is 0 Å². The van der Waals surface area contributed by atoms with E-state index < -0.39 is 12.1 Å². The predicted octanol–water partition coefficient (Wildman–Crippen LogP) is 0.150. The quantitative estimate of drug-likeness (QED) is 0.590. The molecule has 1 fully saturated rings. The molecular formula is C10H19N3O3. The average Bonchev–Trinajstić information content (AvgIpc) is 2.60. The lowest BCUT2D eigenvalue weighted by atomic mass is 10.0. The summed E-state index contributed by atoms with van der Waals surface area (Å²) in [5.41, 5.74) is 4.62. The maximum absolute atomic E-state index is 11.6. The van der Waals surface area contributed by atoms with Gasteiger partial charge in [0.25, 0.3) is 5.91 Å². The Hall–Kier alpha value is -1.30. The van der Waals surface area contributed by atoms with Gasteiger partial charge >= 0.3 is 6.03 Å². The van der Waals surface area contributed by atoms with Gasteiger partial charge < -0.3 is 10.1 Å². The van der Waals surface area contributed by atoms with Crippen molar-refractivity contribution >= 4 is 11.9 Å². The number of ether oxygens (including phenoxy) is 1. The standard InChI is InChI=1S/C10H19N3O3/c1-6(2)11-10(15)13-12-9(14)8-7(3)4-5-16-8/h6-8H,4-5H2,1-3H3,(H,12,14)(H2,11,13,15)/t7-,8-/m1/s1. The molecule has 92 valence electrons. The number of rotatable bonds is 2. The highest BCUT2D eigenvalue weighted by Gasteiger charge is 2.30. The van der Waals surface area contributed by atoms with E-state index >= 15 is 0 Å². The van der Waals surface area contributed by atoms with E-state index in [9.17, 15) is 9.59 Å². The van der Waals surface area contributed by atoms with Crippen molar-refractivity contribution in [2.75, 3.05) is 6.61 Å². The van der Waals surface area contributed by atoms with Gasteiger partial charge in [0.05, 0.1) is 0 Å². The first kappa shape index (κ1) is 12.8. The van der Waals surface area contributed by atoms with Crippen LogP contribution in [-0.4, -0.2) is 30.7 Å². The lowest BCUT2D eigenvalue weighted by molar-refractivity contribution is -0.132. The van der Waals surface area contributed by atoms with Crippen LogP contribution in [0.25, 0.3) is 0 Å². The van der Waals surface area contributed by atoms with E-state index in [2.05, 4.69) is 16.2 Å². The third-order valence-electron chi connectivity index (χ3n) is 2.36. The first-order chi connectivity index (χ1) is 7.50. The van der Waals surface area contributed by atoms with E-state index in [1.807, 2.05) is 20.8 Å². The SMILES string of the molecule is CC(C)NC(=O)NNC(=O)[C@@H]1OCC[C@H]1C. The second-order valence-electron chi connectivity index (χ2n) is 4.30. The molecule has 0 aromatic carbocycles. The zero-order valence-corrected chi connectivity index (χ0v) is 9.87. The number of nitrogens with one attached hydrogen (secondary N) is 3. The molecule has 3 amide bonds. The molecule has 0 aromatic heterocycles. The Labute approximate surface area is 95.1 Å². The number of urea groups is 1. The Morgan fingerprint density at radius 3 is 2.50 bits per heavy atom. The summed E-state index contributed by atoms with van der Waals surface area (Å²) in [6.45, 7) is 6.22. The van der Waals surface area contributed by atoms with E-state index in [0.717, 1.165) is 6.42 Å². The predicted molar refractivity (Wildman–Crippen MR) is 58.5 cm³/mol. The minimum atomic E-state index is -0.459. The summed E-state index contributed by atoms with van der Waals surface area (Å²) >= 11 is 0. The maximum Gasteiger partial charge on any atom is 0.333 e. The van der Waals surface area contributed by atoms with Gasteiger partial charge in [-0.15, -0.1) is 0 Å². The fourth-order valence-electron chi connectivity index (χ4n) is 1.52. The molecule has 0 unspecified atom stereocenters. The molecule has 0 saturated carbocycles. The van der Waals surface area contributed by atoms with Crippen LogP contribution in [-0.2, 0) is 9.53 Å².